The summed E-state index contributed by atoms with van der Waals surface area (Å²) in [7, 11) is 0. The number of ether oxygens (including phenoxy) is 1. The molecule has 0 atom stereocenters. The lowest BCUT2D eigenvalue weighted by Crippen LogP contribution is -2.15. The van der Waals surface area contributed by atoms with Gasteiger partial charge in [0.25, 0.3) is 0 Å². The third-order valence-corrected chi connectivity index (χ3v) is 3.96. The van der Waals surface area contributed by atoms with E-state index >= 15 is 0 Å². The van der Waals surface area contributed by atoms with Crippen molar-refractivity contribution in [1.29, 1.82) is 0 Å². The molecule has 1 aromatic carbocycles. The molecular weight excluding hydrogens is 385 g/mol. The number of nitrogen functional groups attached to an aromatic ring is 1. The molecule has 0 saturated carbocycles. The fourth-order valence-corrected chi connectivity index (χ4v) is 2.54. The number of nitrogens with two attached hydrogens (primary N) is 1. The summed E-state index contributed by atoms with van der Waals surface area (Å²) in [4.78, 5) is 31.3. The number of rotatable bonds is 6. The van der Waals surface area contributed by atoms with Crippen LogP contribution >= 0.6 is 11.8 Å². The Bertz CT molecular complexity index is 846. The lowest BCUT2D eigenvalue weighted by atomic mass is 10.2. The van der Waals surface area contributed by atoms with Crippen molar-refractivity contribution < 1.29 is 27.5 Å². The van der Waals surface area contributed by atoms with E-state index in [1.165, 1.54) is 18.3 Å². The topological polar surface area (TPSA) is 107 Å². The number of carbonyl (C=O) groups is 2. The van der Waals surface area contributed by atoms with E-state index in [4.69, 9.17) is 10.5 Å². The molecule has 11 heteroatoms. The van der Waals surface area contributed by atoms with Crippen LogP contribution in [-0.4, -0.2) is 34.2 Å². The number of carbonyl (C=O) groups excluding carboxylic acids is 2. The quantitative estimate of drug-likeness (QED) is 0.436. The smallest absolute Gasteiger partial charge is 0.416 e. The number of alkyl halides is 3. The second-order valence-corrected chi connectivity index (χ2v) is 6.03. The zero-order chi connectivity index (χ0) is 20.0. The average molecular weight is 400 g/mol. The normalized spacial score (nSPS) is 11.1. The van der Waals surface area contributed by atoms with Crippen molar-refractivity contribution in [1.82, 2.24) is 9.97 Å². The Morgan fingerprint density at radius 3 is 2.70 bits per heavy atom. The molecule has 1 heterocycles. The van der Waals surface area contributed by atoms with E-state index in [0.29, 0.717) is 0 Å². The SMILES string of the molecule is CCOC(=O)c1cnc(SCC(=O)Nc2cccc(C(F)(F)F)c2)nc1N. The monoisotopic (exact) mass is 400 g/mol. The summed E-state index contributed by atoms with van der Waals surface area (Å²) in [5.41, 5.74) is 4.84. The van der Waals surface area contributed by atoms with Gasteiger partial charge in [0.15, 0.2) is 5.16 Å². The Labute approximate surface area is 156 Å². The second kappa shape index (κ2) is 8.71. The van der Waals surface area contributed by atoms with Crippen LogP contribution < -0.4 is 11.1 Å². The molecule has 0 aliphatic rings. The number of halogens is 3. The molecule has 0 aliphatic carbocycles. The van der Waals surface area contributed by atoms with Crippen molar-refractivity contribution in [2.45, 2.75) is 18.3 Å². The van der Waals surface area contributed by atoms with Crippen LogP contribution in [0.4, 0.5) is 24.7 Å². The maximum atomic E-state index is 12.7. The Balaban J connectivity index is 1.96. The van der Waals surface area contributed by atoms with Gasteiger partial charge in [0.1, 0.15) is 11.4 Å². The molecular formula is C16H15F3N4O3S. The van der Waals surface area contributed by atoms with E-state index in [1.807, 2.05) is 0 Å². The first-order chi connectivity index (χ1) is 12.7. The Hall–Kier alpha value is -2.82. The summed E-state index contributed by atoms with van der Waals surface area (Å²) in [5, 5.41) is 2.50. The number of hydrogen-bond acceptors (Lipinski definition) is 7. The number of nitrogens with one attached hydrogen (secondary N) is 1. The Morgan fingerprint density at radius 2 is 2.07 bits per heavy atom. The summed E-state index contributed by atoms with van der Waals surface area (Å²) in [6.45, 7) is 1.81. The van der Waals surface area contributed by atoms with Gasteiger partial charge in [-0.1, -0.05) is 17.8 Å². The molecule has 0 aliphatic heterocycles. The molecule has 0 spiro atoms. The molecule has 0 unspecified atom stereocenters. The summed E-state index contributed by atoms with van der Waals surface area (Å²) in [5.74, 6) is -1.46. The first-order valence-electron chi connectivity index (χ1n) is 7.60. The van der Waals surface area contributed by atoms with E-state index < -0.39 is 23.6 Å². The van der Waals surface area contributed by atoms with Gasteiger partial charge in [-0.05, 0) is 25.1 Å². The summed E-state index contributed by atoms with van der Waals surface area (Å²) in [6, 6.07) is 4.29. The molecule has 2 aromatic rings. The maximum Gasteiger partial charge on any atom is 0.416 e. The van der Waals surface area contributed by atoms with Crippen LogP contribution in [0, 0.1) is 0 Å². The highest BCUT2D eigenvalue weighted by molar-refractivity contribution is 7.99. The summed E-state index contributed by atoms with van der Waals surface area (Å²) >= 11 is 0.917. The number of amides is 1. The van der Waals surface area contributed by atoms with Crippen LogP contribution in [0.15, 0.2) is 35.6 Å². The molecule has 0 fully saturated rings. The minimum Gasteiger partial charge on any atom is -0.462 e. The van der Waals surface area contributed by atoms with Crippen molar-refractivity contribution in [2.24, 2.45) is 0 Å². The predicted octanol–water partition coefficient (Wildman–Crippen LogP) is 2.99. The third-order valence-electron chi connectivity index (χ3n) is 3.10. The molecule has 27 heavy (non-hydrogen) atoms. The zero-order valence-corrected chi connectivity index (χ0v) is 14.9. The summed E-state index contributed by atoms with van der Waals surface area (Å²) < 4.78 is 42.8. The summed E-state index contributed by atoms with van der Waals surface area (Å²) in [6.07, 6.45) is -3.31. The van der Waals surface area contributed by atoms with Gasteiger partial charge in [-0.15, -0.1) is 0 Å². The standard InChI is InChI=1S/C16H15F3N4O3S/c1-2-26-14(25)11-7-21-15(23-13(11)20)27-8-12(24)22-10-5-3-4-9(6-10)16(17,18)19/h3-7H,2,8H2,1H3,(H,22,24)(H2,20,21,23). The van der Waals surface area contributed by atoms with Gasteiger partial charge in [-0.25, -0.2) is 14.8 Å². The van der Waals surface area contributed by atoms with Crippen molar-refractivity contribution in [3.05, 3.63) is 41.6 Å². The number of anilines is 2. The van der Waals surface area contributed by atoms with E-state index in [2.05, 4.69) is 15.3 Å². The third kappa shape index (κ3) is 5.84. The van der Waals surface area contributed by atoms with Crippen LogP contribution in [0.5, 0.6) is 0 Å². The van der Waals surface area contributed by atoms with Crippen molar-refractivity contribution in [2.75, 3.05) is 23.4 Å². The van der Waals surface area contributed by atoms with Gasteiger partial charge in [0.05, 0.1) is 17.9 Å². The van der Waals surface area contributed by atoms with E-state index in [0.717, 1.165) is 23.9 Å². The van der Waals surface area contributed by atoms with Gasteiger partial charge in [-0.2, -0.15) is 13.2 Å². The van der Waals surface area contributed by atoms with E-state index in [1.54, 1.807) is 6.92 Å². The number of nitrogens with zero attached hydrogens (tertiary/aromatic N) is 2. The van der Waals surface area contributed by atoms with Crippen LogP contribution in [0.1, 0.15) is 22.8 Å². The average Bonchev–Trinajstić information content (AvgIpc) is 2.59. The minimum atomic E-state index is -4.50. The highest BCUT2D eigenvalue weighted by Gasteiger charge is 2.30. The number of benzene rings is 1. The van der Waals surface area contributed by atoms with Gasteiger partial charge < -0.3 is 15.8 Å². The number of aromatic nitrogens is 2. The lowest BCUT2D eigenvalue weighted by molar-refractivity contribution is -0.137. The Kier molecular flexibility index (Phi) is 6.61. The molecule has 0 saturated heterocycles. The highest BCUT2D eigenvalue weighted by Crippen LogP contribution is 2.30. The van der Waals surface area contributed by atoms with Crippen molar-refractivity contribution in [3.63, 3.8) is 0 Å². The molecule has 2 rings (SSSR count). The van der Waals surface area contributed by atoms with Gasteiger partial charge in [0.2, 0.25) is 5.91 Å². The number of hydrogen-bond donors (Lipinski definition) is 2. The van der Waals surface area contributed by atoms with E-state index in [9.17, 15) is 22.8 Å². The van der Waals surface area contributed by atoms with E-state index in [-0.39, 0.29) is 34.6 Å². The fourth-order valence-electron chi connectivity index (χ4n) is 1.91. The van der Waals surface area contributed by atoms with Crippen LogP contribution in [0.25, 0.3) is 0 Å². The second-order valence-electron chi connectivity index (χ2n) is 5.09. The number of thioether (sulfide) groups is 1. The highest BCUT2D eigenvalue weighted by atomic mass is 32.2. The predicted molar refractivity (Wildman–Crippen MR) is 93.2 cm³/mol. The maximum absolute atomic E-state index is 12.7. The fraction of sp³-hybridized carbons (Fsp3) is 0.250. The van der Waals surface area contributed by atoms with Crippen LogP contribution in [0.3, 0.4) is 0 Å². The molecule has 144 valence electrons. The molecule has 0 radical (unpaired) electrons. The van der Waals surface area contributed by atoms with Gasteiger partial charge in [-0.3, -0.25) is 4.79 Å². The largest absolute Gasteiger partial charge is 0.462 e. The van der Waals surface area contributed by atoms with Gasteiger partial charge >= 0.3 is 12.1 Å². The molecule has 0 bridgehead atoms. The Morgan fingerprint density at radius 1 is 1.33 bits per heavy atom. The number of esters is 1. The first-order valence-corrected chi connectivity index (χ1v) is 8.58. The first kappa shape index (κ1) is 20.5. The zero-order valence-electron chi connectivity index (χ0n) is 14.0. The van der Waals surface area contributed by atoms with Gasteiger partial charge in [0, 0.05) is 11.9 Å². The van der Waals surface area contributed by atoms with Crippen molar-refractivity contribution >= 4 is 35.1 Å². The van der Waals surface area contributed by atoms with Crippen LogP contribution in [-0.2, 0) is 15.7 Å². The van der Waals surface area contributed by atoms with Crippen molar-refractivity contribution in [3.8, 4) is 0 Å². The minimum absolute atomic E-state index is 0.00890. The van der Waals surface area contributed by atoms with Crippen LogP contribution in [0.2, 0.25) is 0 Å². The molecule has 1 aromatic heterocycles. The molecule has 3 N–H and O–H groups in total. The molecule has 7 nitrogen and oxygen atoms in total. The lowest BCUT2D eigenvalue weighted by Gasteiger charge is -2.10. The molecule has 1 amide bonds.